The second-order valence-corrected chi connectivity index (χ2v) is 3.43. The molecule has 0 bridgehead atoms. The van der Waals surface area contributed by atoms with E-state index in [0.717, 1.165) is 31.5 Å². The van der Waals surface area contributed by atoms with E-state index in [1.165, 1.54) is 0 Å². The highest BCUT2D eigenvalue weighted by Gasteiger charge is 2.23. The van der Waals surface area contributed by atoms with Crippen molar-refractivity contribution in [2.45, 2.75) is 25.8 Å². The molecule has 0 N–H and O–H groups in total. The summed E-state index contributed by atoms with van der Waals surface area (Å²) in [6.45, 7) is 3.85. The summed E-state index contributed by atoms with van der Waals surface area (Å²) < 4.78 is 0. The Balaban J connectivity index is 2.47. The van der Waals surface area contributed by atoms with Gasteiger partial charge in [-0.3, -0.25) is 4.90 Å². The Kier molecular flexibility index (Phi) is 3.58. The lowest BCUT2D eigenvalue weighted by atomic mass is 10.2. The van der Waals surface area contributed by atoms with E-state index in [-0.39, 0.29) is 6.04 Å². The third kappa shape index (κ3) is 2.23. The second kappa shape index (κ2) is 4.49. The SMILES string of the molecule is C/C(=C\Cl)CN1CCCC1C#N. The number of hydrogen-bond acceptors (Lipinski definition) is 2. The smallest absolute Gasteiger partial charge is 0.0981 e. The molecular weight excluding hydrogens is 172 g/mol. The van der Waals surface area contributed by atoms with Crippen LogP contribution in [0.15, 0.2) is 11.1 Å². The minimum Gasteiger partial charge on any atom is -0.284 e. The molecule has 1 atom stereocenters. The van der Waals surface area contributed by atoms with E-state index in [4.69, 9.17) is 16.9 Å². The Hall–Kier alpha value is -0.520. The van der Waals surface area contributed by atoms with Crippen LogP contribution in [0, 0.1) is 11.3 Å². The molecule has 1 saturated heterocycles. The normalized spacial score (nSPS) is 25.8. The van der Waals surface area contributed by atoms with Crippen molar-refractivity contribution in [3.8, 4) is 6.07 Å². The molecule has 1 fully saturated rings. The molecule has 0 spiro atoms. The maximum absolute atomic E-state index is 8.78. The average Bonchev–Trinajstić information content (AvgIpc) is 2.51. The monoisotopic (exact) mass is 184 g/mol. The van der Waals surface area contributed by atoms with Crippen LogP contribution in [0.3, 0.4) is 0 Å². The van der Waals surface area contributed by atoms with Crippen molar-refractivity contribution in [1.82, 2.24) is 4.90 Å². The van der Waals surface area contributed by atoms with Gasteiger partial charge in [0.25, 0.3) is 0 Å². The van der Waals surface area contributed by atoms with Crippen LogP contribution in [0.1, 0.15) is 19.8 Å². The summed E-state index contributed by atoms with van der Waals surface area (Å²) in [6.07, 6.45) is 2.14. The molecule has 0 aromatic carbocycles. The van der Waals surface area contributed by atoms with E-state index in [1.54, 1.807) is 5.54 Å². The Labute approximate surface area is 78.4 Å². The molecule has 1 heterocycles. The zero-order chi connectivity index (χ0) is 8.97. The van der Waals surface area contributed by atoms with Gasteiger partial charge in [-0.2, -0.15) is 5.26 Å². The van der Waals surface area contributed by atoms with Gasteiger partial charge in [0.15, 0.2) is 0 Å². The van der Waals surface area contributed by atoms with Gasteiger partial charge in [0.05, 0.1) is 12.1 Å². The first-order valence-corrected chi connectivity index (χ1v) is 4.61. The lowest BCUT2D eigenvalue weighted by Gasteiger charge is -2.18. The van der Waals surface area contributed by atoms with Gasteiger partial charge in [-0.15, -0.1) is 0 Å². The Bertz CT molecular complexity index is 217. The number of nitrogens with zero attached hydrogens (tertiary/aromatic N) is 2. The summed E-state index contributed by atoms with van der Waals surface area (Å²) in [5.41, 5.74) is 2.71. The molecule has 1 aliphatic heterocycles. The fourth-order valence-corrected chi connectivity index (χ4v) is 1.59. The summed E-state index contributed by atoms with van der Waals surface area (Å²) in [5, 5.41) is 8.78. The zero-order valence-electron chi connectivity index (χ0n) is 7.26. The van der Waals surface area contributed by atoms with Crippen LogP contribution in [-0.4, -0.2) is 24.0 Å². The summed E-state index contributed by atoms with van der Waals surface area (Å²) in [4.78, 5) is 2.17. The van der Waals surface area contributed by atoms with Gasteiger partial charge < -0.3 is 0 Å². The van der Waals surface area contributed by atoms with Crippen LogP contribution < -0.4 is 0 Å². The van der Waals surface area contributed by atoms with Crippen LogP contribution in [0.5, 0.6) is 0 Å². The fraction of sp³-hybridized carbons (Fsp3) is 0.667. The van der Waals surface area contributed by atoms with Gasteiger partial charge in [0.2, 0.25) is 0 Å². The minimum absolute atomic E-state index is 0.108. The number of hydrogen-bond donors (Lipinski definition) is 0. The summed E-state index contributed by atoms with van der Waals surface area (Å²) in [6, 6.07) is 2.41. The third-order valence-electron chi connectivity index (χ3n) is 2.15. The van der Waals surface area contributed by atoms with Gasteiger partial charge in [-0.05, 0) is 31.9 Å². The van der Waals surface area contributed by atoms with Gasteiger partial charge in [0, 0.05) is 12.1 Å². The minimum atomic E-state index is 0.108. The number of rotatable bonds is 2. The third-order valence-corrected chi connectivity index (χ3v) is 2.52. The first-order valence-electron chi connectivity index (χ1n) is 4.17. The lowest BCUT2D eigenvalue weighted by Crippen LogP contribution is -2.29. The molecule has 0 saturated carbocycles. The quantitative estimate of drug-likeness (QED) is 0.658. The molecule has 0 aromatic rings. The standard InChI is InChI=1S/C9H13ClN2/c1-8(5-10)7-12-4-2-3-9(12)6-11/h5,9H,2-4,7H2,1H3/b8-5+. The first kappa shape index (κ1) is 9.57. The molecule has 3 heteroatoms. The zero-order valence-corrected chi connectivity index (χ0v) is 8.01. The van der Waals surface area contributed by atoms with Crippen molar-refractivity contribution in [2.24, 2.45) is 0 Å². The molecule has 0 radical (unpaired) electrons. The Morgan fingerprint density at radius 2 is 2.58 bits per heavy atom. The fourth-order valence-electron chi connectivity index (χ4n) is 1.52. The molecule has 0 aromatic heterocycles. The van der Waals surface area contributed by atoms with E-state index < -0.39 is 0 Å². The highest BCUT2D eigenvalue weighted by atomic mass is 35.5. The molecule has 0 aliphatic carbocycles. The van der Waals surface area contributed by atoms with E-state index in [1.807, 2.05) is 6.92 Å². The van der Waals surface area contributed by atoms with Crippen LogP contribution in [0.25, 0.3) is 0 Å². The van der Waals surface area contributed by atoms with E-state index in [2.05, 4.69) is 11.0 Å². The van der Waals surface area contributed by atoms with Crippen molar-refractivity contribution in [1.29, 1.82) is 5.26 Å². The molecular formula is C9H13ClN2. The molecule has 0 amide bonds. The van der Waals surface area contributed by atoms with Crippen LogP contribution in [0.2, 0.25) is 0 Å². The second-order valence-electron chi connectivity index (χ2n) is 3.21. The van der Waals surface area contributed by atoms with Gasteiger partial charge >= 0.3 is 0 Å². The van der Waals surface area contributed by atoms with Crippen molar-refractivity contribution in [3.05, 3.63) is 11.1 Å². The predicted molar refractivity (Wildman–Crippen MR) is 49.8 cm³/mol. The van der Waals surface area contributed by atoms with Crippen molar-refractivity contribution in [3.63, 3.8) is 0 Å². The van der Waals surface area contributed by atoms with Crippen molar-refractivity contribution >= 4 is 11.6 Å². The van der Waals surface area contributed by atoms with Crippen LogP contribution in [0.4, 0.5) is 0 Å². The van der Waals surface area contributed by atoms with Gasteiger partial charge in [0.1, 0.15) is 0 Å². The highest BCUT2D eigenvalue weighted by molar-refractivity contribution is 6.25. The molecule has 2 nitrogen and oxygen atoms in total. The average molecular weight is 185 g/mol. The van der Waals surface area contributed by atoms with E-state index in [0.29, 0.717) is 0 Å². The van der Waals surface area contributed by atoms with Crippen LogP contribution >= 0.6 is 11.6 Å². The first-order chi connectivity index (χ1) is 5.77. The van der Waals surface area contributed by atoms with Gasteiger partial charge in [-0.1, -0.05) is 11.6 Å². The van der Waals surface area contributed by atoms with Crippen molar-refractivity contribution in [2.75, 3.05) is 13.1 Å². The number of halogens is 1. The molecule has 12 heavy (non-hydrogen) atoms. The highest BCUT2D eigenvalue weighted by Crippen LogP contribution is 2.17. The lowest BCUT2D eigenvalue weighted by molar-refractivity contribution is 0.320. The maximum atomic E-state index is 8.78. The van der Waals surface area contributed by atoms with Crippen molar-refractivity contribution < 1.29 is 0 Å². The predicted octanol–water partition coefficient (Wildman–Crippen LogP) is 2.12. The summed E-state index contributed by atoms with van der Waals surface area (Å²) in [7, 11) is 0. The molecule has 1 rings (SSSR count). The van der Waals surface area contributed by atoms with Crippen LogP contribution in [-0.2, 0) is 0 Å². The number of likely N-dealkylation sites (tertiary alicyclic amines) is 1. The van der Waals surface area contributed by atoms with E-state index >= 15 is 0 Å². The summed E-state index contributed by atoms with van der Waals surface area (Å²) >= 11 is 5.55. The van der Waals surface area contributed by atoms with E-state index in [9.17, 15) is 0 Å². The Morgan fingerprint density at radius 3 is 3.17 bits per heavy atom. The molecule has 1 aliphatic rings. The molecule has 66 valence electrons. The number of nitriles is 1. The molecule has 1 unspecified atom stereocenters. The topological polar surface area (TPSA) is 27.0 Å². The maximum Gasteiger partial charge on any atom is 0.0981 e. The largest absolute Gasteiger partial charge is 0.284 e. The summed E-state index contributed by atoms with van der Waals surface area (Å²) in [5.74, 6) is 0. The van der Waals surface area contributed by atoms with Gasteiger partial charge in [-0.25, -0.2) is 0 Å². The Morgan fingerprint density at radius 1 is 1.83 bits per heavy atom.